The molecule has 96 valence electrons. The molecule has 0 aliphatic heterocycles. The third-order valence-electron chi connectivity index (χ3n) is 2.65. The predicted molar refractivity (Wildman–Crippen MR) is 65.7 cm³/mol. The molecule has 0 radical (unpaired) electrons. The molecule has 1 aromatic heterocycles. The molecule has 1 heterocycles. The fraction of sp³-hybridized carbons (Fsp3) is 0.273. The Bertz CT molecular complexity index is 551. The van der Waals surface area contributed by atoms with Crippen molar-refractivity contribution in [1.82, 2.24) is 15.0 Å². The van der Waals surface area contributed by atoms with Crippen molar-refractivity contribution in [2.45, 2.75) is 12.5 Å². The minimum atomic E-state index is -0.873. The average Bonchev–Trinajstić information content (AvgIpc) is 2.65. The quantitative estimate of drug-likeness (QED) is 0.943. The van der Waals surface area contributed by atoms with E-state index >= 15 is 0 Å². The van der Waals surface area contributed by atoms with Crippen LogP contribution in [0.1, 0.15) is 17.3 Å². The molecule has 0 saturated heterocycles. The highest BCUT2D eigenvalue weighted by atomic mass is 79.9. The molecule has 1 aromatic carbocycles. The van der Waals surface area contributed by atoms with Gasteiger partial charge in [-0.15, -0.1) is 5.10 Å². The van der Waals surface area contributed by atoms with E-state index in [1.807, 2.05) is 0 Å². The summed E-state index contributed by atoms with van der Waals surface area (Å²) >= 11 is 3.22. The topological polar surface area (TPSA) is 56.7 Å². The molecule has 2 rings (SSSR count). The Morgan fingerprint density at radius 3 is 2.78 bits per heavy atom. The van der Waals surface area contributed by atoms with Crippen molar-refractivity contribution in [3.8, 4) is 0 Å². The third-order valence-corrected chi connectivity index (χ3v) is 3.21. The first-order valence-corrected chi connectivity index (χ1v) is 6.03. The van der Waals surface area contributed by atoms with Crippen LogP contribution in [-0.2, 0) is 13.5 Å². The van der Waals surface area contributed by atoms with Crippen LogP contribution < -0.4 is 5.73 Å². The van der Waals surface area contributed by atoms with Crippen LogP contribution in [0.4, 0.5) is 8.78 Å². The molecule has 0 aliphatic rings. The Kier molecular flexibility index (Phi) is 3.72. The summed E-state index contributed by atoms with van der Waals surface area (Å²) in [5.74, 6) is -1.74. The van der Waals surface area contributed by atoms with Gasteiger partial charge in [-0.2, -0.15) is 0 Å². The number of benzene rings is 1. The number of nitrogens with zero attached hydrogens (tertiary/aromatic N) is 3. The standard InChI is InChI=1S/C11H11BrF2N4/c1-18-10(11(12)16-17-18)8(15)5-6-3-2-4-7(13)9(6)14/h2-4,8H,5,15H2,1H3. The van der Waals surface area contributed by atoms with Crippen LogP contribution in [0.25, 0.3) is 0 Å². The van der Waals surface area contributed by atoms with E-state index in [0.717, 1.165) is 6.07 Å². The van der Waals surface area contributed by atoms with Crippen LogP contribution in [0.15, 0.2) is 22.8 Å². The van der Waals surface area contributed by atoms with E-state index in [2.05, 4.69) is 26.2 Å². The number of halogens is 3. The SMILES string of the molecule is Cn1nnc(Br)c1C(N)Cc1cccc(F)c1F. The lowest BCUT2D eigenvalue weighted by Crippen LogP contribution is -2.18. The minimum Gasteiger partial charge on any atom is -0.322 e. The Hall–Kier alpha value is -1.34. The molecule has 2 aromatic rings. The molecule has 18 heavy (non-hydrogen) atoms. The molecule has 7 heteroatoms. The van der Waals surface area contributed by atoms with Crippen LogP contribution in [-0.4, -0.2) is 15.0 Å². The smallest absolute Gasteiger partial charge is 0.162 e. The number of hydrogen-bond donors (Lipinski definition) is 1. The van der Waals surface area contributed by atoms with Crippen LogP contribution in [0.5, 0.6) is 0 Å². The number of aromatic nitrogens is 3. The van der Waals surface area contributed by atoms with Crippen LogP contribution in [0.3, 0.4) is 0 Å². The largest absolute Gasteiger partial charge is 0.322 e. The molecular weight excluding hydrogens is 306 g/mol. The van der Waals surface area contributed by atoms with Gasteiger partial charge in [0, 0.05) is 7.05 Å². The van der Waals surface area contributed by atoms with E-state index in [9.17, 15) is 8.78 Å². The van der Waals surface area contributed by atoms with Gasteiger partial charge in [-0.1, -0.05) is 17.3 Å². The Labute approximate surface area is 111 Å². The number of nitrogens with two attached hydrogens (primary N) is 1. The fourth-order valence-corrected chi connectivity index (χ4v) is 2.39. The van der Waals surface area contributed by atoms with Crippen LogP contribution >= 0.6 is 15.9 Å². The Morgan fingerprint density at radius 2 is 2.17 bits per heavy atom. The summed E-state index contributed by atoms with van der Waals surface area (Å²) < 4.78 is 28.6. The van der Waals surface area contributed by atoms with Gasteiger partial charge in [-0.3, -0.25) is 0 Å². The van der Waals surface area contributed by atoms with Crippen molar-refractivity contribution in [2.24, 2.45) is 12.8 Å². The molecule has 4 nitrogen and oxygen atoms in total. The minimum absolute atomic E-state index is 0.170. The molecule has 0 bridgehead atoms. The maximum Gasteiger partial charge on any atom is 0.162 e. The predicted octanol–water partition coefficient (Wildman–Crippen LogP) is 2.10. The number of hydrogen-bond acceptors (Lipinski definition) is 3. The lowest BCUT2D eigenvalue weighted by Gasteiger charge is -2.12. The molecule has 0 aliphatic carbocycles. The summed E-state index contributed by atoms with van der Waals surface area (Å²) in [4.78, 5) is 0. The zero-order valence-electron chi connectivity index (χ0n) is 9.57. The van der Waals surface area contributed by atoms with Gasteiger partial charge < -0.3 is 5.73 Å². The summed E-state index contributed by atoms with van der Waals surface area (Å²) in [5, 5.41) is 7.59. The summed E-state index contributed by atoms with van der Waals surface area (Å²) in [6, 6.07) is 3.52. The van der Waals surface area contributed by atoms with Crippen molar-refractivity contribution in [3.05, 3.63) is 45.7 Å². The van der Waals surface area contributed by atoms with Gasteiger partial charge in [0.25, 0.3) is 0 Å². The maximum absolute atomic E-state index is 13.5. The summed E-state index contributed by atoms with van der Waals surface area (Å²) in [6.07, 6.45) is 0.170. The van der Waals surface area contributed by atoms with Gasteiger partial charge in [0.2, 0.25) is 0 Å². The van der Waals surface area contributed by atoms with E-state index in [0.29, 0.717) is 10.3 Å². The first-order chi connectivity index (χ1) is 8.50. The van der Waals surface area contributed by atoms with Crippen molar-refractivity contribution >= 4 is 15.9 Å². The van der Waals surface area contributed by atoms with Crippen molar-refractivity contribution < 1.29 is 8.78 Å². The van der Waals surface area contributed by atoms with E-state index < -0.39 is 17.7 Å². The average molecular weight is 317 g/mol. The molecule has 2 N–H and O–H groups in total. The number of rotatable bonds is 3. The highest BCUT2D eigenvalue weighted by Gasteiger charge is 2.19. The third kappa shape index (κ3) is 2.41. The Morgan fingerprint density at radius 1 is 1.44 bits per heavy atom. The van der Waals surface area contributed by atoms with Crippen molar-refractivity contribution in [2.75, 3.05) is 0 Å². The Balaban J connectivity index is 2.27. The first kappa shape index (κ1) is 13.1. The molecule has 0 amide bonds. The summed E-state index contributed by atoms with van der Waals surface area (Å²) in [7, 11) is 1.69. The van der Waals surface area contributed by atoms with Crippen LogP contribution in [0.2, 0.25) is 0 Å². The monoisotopic (exact) mass is 316 g/mol. The van der Waals surface area contributed by atoms with Gasteiger partial charge >= 0.3 is 0 Å². The summed E-state index contributed by atoms with van der Waals surface area (Å²) in [6.45, 7) is 0. The second-order valence-corrected chi connectivity index (χ2v) is 4.66. The molecular formula is C11H11BrF2N4. The molecule has 1 unspecified atom stereocenters. The van der Waals surface area contributed by atoms with Crippen molar-refractivity contribution in [3.63, 3.8) is 0 Å². The lowest BCUT2D eigenvalue weighted by atomic mass is 10.0. The van der Waals surface area contributed by atoms with Crippen LogP contribution in [0, 0.1) is 11.6 Å². The maximum atomic E-state index is 13.5. The molecule has 1 atom stereocenters. The number of aryl methyl sites for hydroxylation is 1. The van der Waals surface area contributed by atoms with E-state index in [4.69, 9.17) is 5.73 Å². The van der Waals surface area contributed by atoms with Crippen molar-refractivity contribution in [1.29, 1.82) is 0 Å². The second kappa shape index (κ2) is 5.11. The van der Waals surface area contributed by atoms with Gasteiger partial charge in [-0.25, -0.2) is 13.5 Å². The fourth-order valence-electron chi connectivity index (χ4n) is 1.77. The van der Waals surface area contributed by atoms with E-state index in [-0.39, 0.29) is 12.0 Å². The van der Waals surface area contributed by atoms with E-state index in [1.54, 1.807) is 7.05 Å². The second-order valence-electron chi connectivity index (χ2n) is 3.91. The summed E-state index contributed by atoms with van der Waals surface area (Å²) in [5.41, 5.74) is 6.84. The lowest BCUT2D eigenvalue weighted by molar-refractivity contribution is 0.491. The van der Waals surface area contributed by atoms with Gasteiger partial charge in [0.15, 0.2) is 16.2 Å². The highest BCUT2D eigenvalue weighted by Crippen LogP contribution is 2.23. The van der Waals surface area contributed by atoms with Gasteiger partial charge in [0.1, 0.15) is 0 Å². The van der Waals surface area contributed by atoms with Gasteiger partial charge in [0.05, 0.1) is 11.7 Å². The first-order valence-electron chi connectivity index (χ1n) is 5.24. The van der Waals surface area contributed by atoms with E-state index in [1.165, 1.54) is 16.8 Å². The molecule has 0 fully saturated rings. The highest BCUT2D eigenvalue weighted by molar-refractivity contribution is 9.10. The van der Waals surface area contributed by atoms with Gasteiger partial charge in [-0.05, 0) is 34.0 Å². The molecule has 0 saturated carbocycles. The zero-order valence-corrected chi connectivity index (χ0v) is 11.2. The normalized spacial score (nSPS) is 12.7. The molecule has 0 spiro atoms. The zero-order chi connectivity index (χ0) is 13.3.